The molecule has 0 bridgehead atoms. The van der Waals surface area contributed by atoms with Crippen molar-refractivity contribution in [3.05, 3.63) is 17.7 Å². The number of ether oxygens (including phenoxy) is 3. The van der Waals surface area contributed by atoms with Crippen molar-refractivity contribution < 1.29 is 19.0 Å². The molecule has 1 heterocycles. The van der Waals surface area contributed by atoms with Crippen LogP contribution in [0.4, 0.5) is 0 Å². The number of methoxy groups -OCH3 is 3. The van der Waals surface area contributed by atoms with Gasteiger partial charge in [0.05, 0.1) is 27.4 Å². The van der Waals surface area contributed by atoms with Crippen molar-refractivity contribution in [3.63, 3.8) is 0 Å². The quantitative estimate of drug-likeness (QED) is 0.654. The van der Waals surface area contributed by atoms with E-state index in [-0.39, 0.29) is 30.7 Å². The number of carbonyl (C=O) groups excluding carboxylic acids is 1. The Morgan fingerprint density at radius 3 is 2.07 bits per heavy atom. The van der Waals surface area contributed by atoms with Crippen LogP contribution in [-0.2, 0) is 11.3 Å². The third-order valence-electron chi connectivity index (χ3n) is 4.91. The van der Waals surface area contributed by atoms with Crippen LogP contribution in [0, 0.1) is 5.92 Å². The Labute approximate surface area is 186 Å². The van der Waals surface area contributed by atoms with Gasteiger partial charge in [0.2, 0.25) is 11.7 Å². The molecule has 1 atom stereocenters. The van der Waals surface area contributed by atoms with Gasteiger partial charge >= 0.3 is 0 Å². The molecular formula is C20H35Cl2N3O4. The van der Waals surface area contributed by atoms with Gasteiger partial charge in [-0.25, -0.2) is 0 Å². The van der Waals surface area contributed by atoms with E-state index in [1.165, 1.54) is 0 Å². The van der Waals surface area contributed by atoms with Crippen molar-refractivity contribution in [1.82, 2.24) is 9.80 Å². The first-order chi connectivity index (χ1) is 12.9. The summed E-state index contributed by atoms with van der Waals surface area (Å²) in [7, 11) is 4.85. The lowest BCUT2D eigenvalue weighted by Crippen LogP contribution is -2.53. The number of amides is 1. The Morgan fingerprint density at radius 1 is 1.00 bits per heavy atom. The molecule has 1 fully saturated rings. The Hall–Kier alpha value is -1.41. The monoisotopic (exact) mass is 451 g/mol. The first kappa shape index (κ1) is 27.6. The Morgan fingerprint density at radius 2 is 1.59 bits per heavy atom. The molecule has 7 nitrogen and oxygen atoms in total. The third kappa shape index (κ3) is 7.10. The summed E-state index contributed by atoms with van der Waals surface area (Å²) in [6.45, 7) is 7.89. The van der Waals surface area contributed by atoms with Crippen molar-refractivity contribution in [2.45, 2.75) is 32.9 Å². The van der Waals surface area contributed by atoms with Crippen molar-refractivity contribution in [1.29, 1.82) is 0 Å². The SMILES string of the molecule is COc1ccc(CN2CCN(C(=O)[C@H](N)CC(C)C)CC2)c(OC)c1OC.Cl.Cl. The van der Waals surface area contributed by atoms with Crippen molar-refractivity contribution in [2.24, 2.45) is 11.7 Å². The molecule has 0 unspecified atom stereocenters. The highest BCUT2D eigenvalue weighted by molar-refractivity contribution is 5.85. The summed E-state index contributed by atoms with van der Waals surface area (Å²) in [4.78, 5) is 16.7. The molecule has 2 N–H and O–H groups in total. The van der Waals surface area contributed by atoms with Crippen LogP contribution in [-0.4, -0.2) is 69.3 Å². The maximum atomic E-state index is 12.5. The Balaban J connectivity index is 0.00000392. The van der Waals surface area contributed by atoms with E-state index in [4.69, 9.17) is 19.9 Å². The molecule has 1 saturated heterocycles. The molecule has 0 saturated carbocycles. The molecule has 9 heteroatoms. The van der Waals surface area contributed by atoms with E-state index >= 15 is 0 Å². The largest absolute Gasteiger partial charge is 0.493 e. The second-order valence-electron chi connectivity index (χ2n) is 7.33. The number of hydrogen-bond donors (Lipinski definition) is 1. The van der Waals surface area contributed by atoms with Gasteiger partial charge in [-0.3, -0.25) is 9.69 Å². The molecule has 1 aliphatic rings. The van der Waals surface area contributed by atoms with Gasteiger partial charge in [-0.2, -0.15) is 0 Å². The Kier molecular flexibility index (Phi) is 12.4. The van der Waals surface area contributed by atoms with Gasteiger partial charge in [0.15, 0.2) is 11.5 Å². The predicted molar refractivity (Wildman–Crippen MR) is 120 cm³/mol. The number of benzene rings is 1. The van der Waals surface area contributed by atoms with Gasteiger partial charge in [0.1, 0.15) is 0 Å². The molecule has 2 rings (SSSR count). The summed E-state index contributed by atoms with van der Waals surface area (Å²) >= 11 is 0. The lowest BCUT2D eigenvalue weighted by Gasteiger charge is -2.36. The fourth-order valence-electron chi connectivity index (χ4n) is 3.50. The van der Waals surface area contributed by atoms with Crippen LogP contribution in [0.3, 0.4) is 0 Å². The van der Waals surface area contributed by atoms with Gasteiger partial charge < -0.3 is 24.8 Å². The average molecular weight is 452 g/mol. The zero-order valence-electron chi connectivity index (χ0n) is 18.0. The minimum absolute atomic E-state index is 0. The third-order valence-corrected chi connectivity index (χ3v) is 4.91. The summed E-state index contributed by atoms with van der Waals surface area (Å²) in [5.41, 5.74) is 7.09. The zero-order chi connectivity index (χ0) is 20.0. The molecule has 1 aliphatic heterocycles. The smallest absolute Gasteiger partial charge is 0.239 e. The van der Waals surface area contributed by atoms with Crippen molar-refractivity contribution in [2.75, 3.05) is 47.5 Å². The van der Waals surface area contributed by atoms with Crippen LogP contribution in [0.25, 0.3) is 0 Å². The van der Waals surface area contributed by atoms with E-state index < -0.39 is 6.04 Å². The second kappa shape index (κ2) is 13.0. The highest BCUT2D eigenvalue weighted by Crippen LogP contribution is 2.40. The number of nitrogens with two attached hydrogens (primary N) is 1. The maximum absolute atomic E-state index is 12.5. The van der Waals surface area contributed by atoms with Gasteiger partial charge in [0, 0.05) is 38.3 Å². The number of halogens is 2. The molecule has 1 aromatic carbocycles. The maximum Gasteiger partial charge on any atom is 0.239 e. The zero-order valence-corrected chi connectivity index (χ0v) is 19.6. The lowest BCUT2D eigenvalue weighted by atomic mass is 10.0. The molecule has 1 amide bonds. The van der Waals surface area contributed by atoms with E-state index in [2.05, 4.69) is 18.7 Å². The van der Waals surface area contributed by atoms with E-state index in [1.807, 2.05) is 17.0 Å². The molecule has 0 aromatic heterocycles. The van der Waals surface area contributed by atoms with Crippen molar-refractivity contribution in [3.8, 4) is 17.2 Å². The lowest BCUT2D eigenvalue weighted by molar-refractivity contribution is -0.134. The number of rotatable bonds is 8. The van der Waals surface area contributed by atoms with E-state index in [0.29, 0.717) is 36.3 Å². The topological polar surface area (TPSA) is 77.3 Å². The summed E-state index contributed by atoms with van der Waals surface area (Å²) in [6, 6.07) is 3.49. The van der Waals surface area contributed by atoms with Gasteiger partial charge in [-0.15, -0.1) is 24.8 Å². The Bertz CT molecular complexity index is 638. The van der Waals surface area contributed by atoms with Gasteiger partial charge in [-0.05, 0) is 18.4 Å². The van der Waals surface area contributed by atoms with Crippen LogP contribution < -0.4 is 19.9 Å². The van der Waals surface area contributed by atoms with E-state index in [9.17, 15) is 4.79 Å². The van der Waals surface area contributed by atoms with Gasteiger partial charge in [0.25, 0.3) is 0 Å². The highest BCUT2D eigenvalue weighted by atomic mass is 35.5. The normalized spacial score (nSPS) is 15.2. The second-order valence-corrected chi connectivity index (χ2v) is 7.33. The molecule has 1 aromatic rings. The van der Waals surface area contributed by atoms with Gasteiger partial charge in [-0.1, -0.05) is 19.9 Å². The number of nitrogens with zero attached hydrogens (tertiary/aromatic N) is 2. The van der Waals surface area contributed by atoms with Crippen LogP contribution in [0.15, 0.2) is 12.1 Å². The number of piperazine rings is 1. The fraction of sp³-hybridized carbons (Fsp3) is 0.650. The van der Waals surface area contributed by atoms with Crippen LogP contribution in [0.5, 0.6) is 17.2 Å². The molecule has 0 radical (unpaired) electrons. The van der Waals surface area contributed by atoms with Crippen LogP contribution >= 0.6 is 24.8 Å². The summed E-state index contributed by atoms with van der Waals surface area (Å²) in [6.07, 6.45) is 0.724. The first-order valence-corrected chi connectivity index (χ1v) is 9.45. The minimum atomic E-state index is -0.400. The molecule has 168 valence electrons. The first-order valence-electron chi connectivity index (χ1n) is 9.45. The summed E-state index contributed by atoms with van der Waals surface area (Å²) in [5.74, 6) is 2.42. The summed E-state index contributed by atoms with van der Waals surface area (Å²) < 4.78 is 16.4. The number of hydrogen-bond acceptors (Lipinski definition) is 6. The van der Waals surface area contributed by atoms with Crippen molar-refractivity contribution >= 4 is 30.7 Å². The molecule has 0 aliphatic carbocycles. The standard InChI is InChI=1S/C20H33N3O4.2ClH/c1-14(2)12-16(21)20(24)23-10-8-22(9-11-23)13-15-6-7-17(25-3)19(27-5)18(15)26-4;;/h6-7,14,16H,8-13,21H2,1-5H3;2*1H/t16-;;/m1../s1. The van der Waals surface area contributed by atoms with Crippen LogP contribution in [0.2, 0.25) is 0 Å². The molecular weight excluding hydrogens is 417 g/mol. The molecule has 0 spiro atoms. The summed E-state index contributed by atoms with van der Waals surface area (Å²) in [5, 5.41) is 0. The predicted octanol–water partition coefficient (Wildman–Crippen LogP) is 2.57. The fourth-order valence-corrected chi connectivity index (χ4v) is 3.50. The highest BCUT2D eigenvalue weighted by Gasteiger charge is 2.26. The number of carbonyl (C=O) groups is 1. The molecule has 29 heavy (non-hydrogen) atoms. The van der Waals surface area contributed by atoms with E-state index in [0.717, 1.165) is 31.6 Å². The van der Waals surface area contributed by atoms with E-state index in [1.54, 1.807) is 21.3 Å². The minimum Gasteiger partial charge on any atom is -0.493 e. The van der Waals surface area contributed by atoms with Crippen LogP contribution in [0.1, 0.15) is 25.8 Å². The average Bonchev–Trinajstić information content (AvgIpc) is 2.66.